The van der Waals surface area contributed by atoms with Gasteiger partial charge in [-0.1, -0.05) is 23.7 Å². The van der Waals surface area contributed by atoms with Crippen LogP contribution in [0.4, 0.5) is 11.6 Å². The van der Waals surface area contributed by atoms with Crippen LogP contribution in [0.25, 0.3) is 0 Å². The van der Waals surface area contributed by atoms with Crippen molar-refractivity contribution in [3.05, 3.63) is 63.8 Å². The molecule has 0 radical (unpaired) electrons. The highest BCUT2D eigenvalue weighted by molar-refractivity contribution is 6.30. The second kappa shape index (κ2) is 8.90. The van der Waals surface area contributed by atoms with Crippen LogP contribution in [0.15, 0.2) is 52.3 Å². The van der Waals surface area contributed by atoms with Gasteiger partial charge in [0.1, 0.15) is 0 Å². The number of nitrogens with zero attached hydrogens (tertiary/aromatic N) is 2. The van der Waals surface area contributed by atoms with Gasteiger partial charge in [-0.3, -0.25) is 4.79 Å². The molecule has 0 spiro atoms. The van der Waals surface area contributed by atoms with E-state index in [1.165, 1.54) is 0 Å². The number of hydrogen-bond acceptors (Lipinski definition) is 9. The number of ketones is 1. The van der Waals surface area contributed by atoms with Crippen molar-refractivity contribution >= 4 is 29.0 Å². The van der Waals surface area contributed by atoms with Crippen LogP contribution < -0.4 is 24.8 Å². The van der Waals surface area contributed by atoms with E-state index in [9.17, 15) is 4.79 Å². The Morgan fingerprint density at radius 1 is 0.941 bits per heavy atom. The molecule has 0 saturated heterocycles. The Labute approximate surface area is 201 Å². The Morgan fingerprint density at radius 2 is 1.62 bits per heavy atom. The van der Waals surface area contributed by atoms with E-state index in [2.05, 4.69) is 20.9 Å². The lowest BCUT2D eigenvalue weighted by molar-refractivity contribution is -0.116. The van der Waals surface area contributed by atoms with Gasteiger partial charge in [0, 0.05) is 22.7 Å². The van der Waals surface area contributed by atoms with Crippen LogP contribution >= 0.6 is 11.6 Å². The van der Waals surface area contributed by atoms with Crippen LogP contribution in [0.3, 0.4) is 0 Å². The van der Waals surface area contributed by atoms with Crippen LogP contribution in [-0.4, -0.2) is 37.4 Å². The summed E-state index contributed by atoms with van der Waals surface area (Å²) in [5, 5.41) is 15.2. The molecule has 176 valence electrons. The molecule has 3 aromatic rings. The second-order valence-corrected chi connectivity index (χ2v) is 8.53. The molecule has 1 aliphatic heterocycles. The third-order valence-electron chi connectivity index (χ3n) is 6.20. The van der Waals surface area contributed by atoms with Gasteiger partial charge in [0.25, 0.3) is 0 Å². The number of halogens is 1. The number of fused-ring (bicyclic) bond motifs is 1. The first-order valence-electron chi connectivity index (χ1n) is 10.7. The molecule has 0 bridgehead atoms. The lowest BCUT2D eigenvalue weighted by Gasteiger charge is -2.30. The largest absolute Gasteiger partial charge is 0.493 e. The maximum Gasteiger partial charge on any atom is 0.219 e. The summed E-state index contributed by atoms with van der Waals surface area (Å²) in [4.78, 5) is 13.6. The van der Waals surface area contributed by atoms with Crippen molar-refractivity contribution in [2.24, 2.45) is 0 Å². The van der Waals surface area contributed by atoms with E-state index >= 15 is 0 Å². The number of benzene rings is 2. The Bertz CT molecular complexity index is 1250. The fourth-order valence-corrected chi connectivity index (χ4v) is 4.72. The highest BCUT2D eigenvalue weighted by Crippen LogP contribution is 2.46. The number of anilines is 2. The van der Waals surface area contributed by atoms with Crippen molar-refractivity contribution in [1.82, 2.24) is 10.3 Å². The van der Waals surface area contributed by atoms with Gasteiger partial charge in [0.15, 0.2) is 17.3 Å². The number of methoxy groups -OCH3 is 3. The molecule has 5 rings (SSSR count). The lowest BCUT2D eigenvalue weighted by atomic mass is 9.78. The Balaban J connectivity index is 1.62. The third kappa shape index (κ3) is 3.81. The van der Waals surface area contributed by atoms with Crippen LogP contribution in [-0.2, 0) is 4.79 Å². The molecule has 2 heterocycles. The molecule has 2 atom stereocenters. The SMILES string of the molecule is COc1cc([C@@H]2Nc3nonc3NC3=C2C(=O)C[C@H](c2ccc(Cl)cc2)C3)cc(OC)c1OC. The van der Waals surface area contributed by atoms with Gasteiger partial charge in [-0.25, -0.2) is 4.63 Å². The summed E-state index contributed by atoms with van der Waals surface area (Å²) < 4.78 is 21.5. The van der Waals surface area contributed by atoms with E-state index in [1.54, 1.807) is 21.3 Å². The Morgan fingerprint density at radius 3 is 2.26 bits per heavy atom. The summed E-state index contributed by atoms with van der Waals surface area (Å²) in [6.07, 6.45) is 0.970. The molecule has 2 N–H and O–H groups in total. The molecular weight excluding hydrogens is 460 g/mol. The van der Waals surface area contributed by atoms with Crippen molar-refractivity contribution in [3.8, 4) is 17.2 Å². The van der Waals surface area contributed by atoms with Gasteiger partial charge in [-0.2, -0.15) is 0 Å². The molecule has 34 heavy (non-hydrogen) atoms. The fraction of sp³-hybridized carbons (Fsp3) is 0.292. The van der Waals surface area contributed by atoms with E-state index in [-0.39, 0.29) is 11.7 Å². The number of aromatic nitrogens is 2. The Hall–Kier alpha value is -3.72. The summed E-state index contributed by atoms with van der Waals surface area (Å²) >= 11 is 6.06. The monoisotopic (exact) mass is 482 g/mol. The van der Waals surface area contributed by atoms with Gasteiger partial charge in [-0.15, -0.1) is 0 Å². The van der Waals surface area contributed by atoms with Crippen LogP contribution in [0.1, 0.15) is 35.9 Å². The summed E-state index contributed by atoms with van der Waals surface area (Å²) in [6.45, 7) is 0. The normalized spacial score (nSPS) is 19.4. The van der Waals surface area contributed by atoms with Crippen LogP contribution in [0.5, 0.6) is 17.2 Å². The summed E-state index contributed by atoms with van der Waals surface area (Å²) in [5.74, 6) is 2.28. The first-order chi connectivity index (χ1) is 16.5. The second-order valence-electron chi connectivity index (χ2n) is 8.09. The number of nitrogens with one attached hydrogen (secondary N) is 2. The summed E-state index contributed by atoms with van der Waals surface area (Å²) in [5.41, 5.74) is 3.17. The van der Waals surface area contributed by atoms with E-state index in [1.807, 2.05) is 36.4 Å². The molecule has 1 aliphatic carbocycles. The number of rotatable bonds is 5. The van der Waals surface area contributed by atoms with Crippen LogP contribution in [0.2, 0.25) is 5.02 Å². The number of allylic oxidation sites excluding steroid dienone is 1. The van der Waals surface area contributed by atoms with Crippen LogP contribution in [0, 0.1) is 0 Å². The standard InChI is InChI=1S/C24H23ClN4O5/c1-31-18-10-14(11-19(32-2)22(18)33-3)21-20-16(26-23-24(27-21)29-34-28-23)8-13(9-17(20)30)12-4-6-15(25)7-5-12/h4-7,10-11,13,21H,8-9H2,1-3H3,(H,26,28)(H,27,29)/t13-,21+/m1/s1. The first kappa shape index (κ1) is 22.1. The number of carbonyl (C=O) groups excluding carboxylic acids is 1. The molecule has 1 aromatic heterocycles. The van der Waals surface area contributed by atoms with Gasteiger partial charge in [0.2, 0.25) is 17.4 Å². The van der Waals surface area contributed by atoms with Crippen molar-refractivity contribution in [2.45, 2.75) is 24.8 Å². The summed E-state index contributed by atoms with van der Waals surface area (Å²) in [6, 6.07) is 10.7. The zero-order valence-corrected chi connectivity index (χ0v) is 19.6. The maximum atomic E-state index is 13.6. The highest BCUT2D eigenvalue weighted by atomic mass is 35.5. The number of carbonyl (C=O) groups is 1. The van der Waals surface area contributed by atoms with Gasteiger partial charge in [0.05, 0.1) is 27.4 Å². The predicted molar refractivity (Wildman–Crippen MR) is 126 cm³/mol. The third-order valence-corrected chi connectivity index (χ3v) is 6.45. The van der Waals surface area contributed by atoms with Gasteiger partial charge >= 0.3 is 0 Å². The van der Waals surface area contributed by atoms with Crippen molar-refractivity contribution < 1.29 is 23.6 Å². The van der Waals surface area contributed by atoms with E-state index in [4.69, 9.17) is 30.4 Å². The molecule has 0 saturated carbocycles. The maximum absolute atomic E-state index is 13.6. The molecular formula is C24H23ClN4O5. The zero-order chi connectivity index (χ0) is 23.8. The lowest BCUT2D eigenvalue weighted by Crippen LogP contribution is -2.27. The van der Waals surface area contributed by atoms with E-state index in [0.717, 1.165) is 16.8 Å². The first-order valence-corrected chi connectivity index (χ1v) is 11.1. The molecule has 0 unspecified atom stereocenters. The molecule has 2 aromatic carbocycles. The minimum atomic E-state index is -0.539. The minimum Gasteiger partial charge on any atom is -0.493 e. The van der Waals surface area contributed by atoms with Gasteiger partial charge < -0.3 is 24.8 Å². The number of ether oxygens (including phenoxy) is 3. The summed E-state index contributed by atoms with van der Waals surface area (Å²) in [7, 11) is 4.65. The average molecular weight is 483 g/mol. The topological polar surface area (TPSA) is 108 Å². The number of Topliss-reactive ketones (excluding diaryl/α,β-unsaturated/α-hetero) is 1. The van der Waals surface area contributed by atoms with E-state index < -0.39 is 6.04 Å². The average Bonchev–Trinajstić information content (AvgIpc) is 3.21. The molecule has 10 heteroatoms. The molecule has 0 fully saturated rings. The number of hydrogen-bond donors (Lipinski definition) is 2. The van der Waals surface area contributed by atoms with Crippen molar-refractivity contribution in [2.75, 3.05) is 32.0 Å². The van der Waals surface area contributed by atoms with E-state index in [0.29, 0.717) is 52.3 Å². The highest BCUT2D eigenvalue weighted by Gasteiger charge is 2.38. The fourth-order valence-electron chi connectivity index (χ4n) is 4.59. The smallest absolute Gasteiger partial charge is 0.219 e. The minimum absolute atomic E-state index is 0.00184. The quantitative estimate of drug-likeness (QED) is 0.533. The molecule has 0 amide bonds. The van der Waals surface area contributed by atoms with Gasteiger partial charge in [-0.05, 0) is 58.0 Å². The predicted octanol–water partition coefficient (Wildman–Crippen LogP) is 4.73. The van der Waals surface area contributed by atoms with Crippen molar-refractivity contribution in [1.29, 1.82) is 0 Å². The zero-order valence-electron chi connectivity index (χ0n) is 18.8. The van der Waals surface area contributed by atoms with Crippen molar-refractivity contribution in [3.63, 3.8) is 0 Å². The molecule has 9 nitrogen and oxygen atoms in total. The molecule has 2 aliphatic rings. The Kier molecular flexibility index (Phi) is 5.79.